The van der Waals surface area contributed by atoms with Gasteiger partial charge < -0.3 is 9.45 Å². The van der Waals surface area contributed by atoms with Gasteiger partial charge in [-0.05, 0) is 30.9 Å². The van der Waals surface area contributed by atoms with Gasteiger partial charge in [0.1, 0.15) is 35.1 Å². The average molecular weight is 434 g/mol. The van der Waals surface area contributed by atoms with Crippen LogP contribution in [0.3, 0.4) is 0 Å². The third-order valence-corrected chi connectivity index (χ3v) is 6.74. The zero-order valence-corrected chi connectivity index (χ0v) is 16.8. The molecule has 5 heterocycles. The monoisotopic (exact) mass is 434 g/mol. The van der Waals surface area contributed by atoms with Crippen LogP contribution in [0.2, 0.25) is 0 Å². The minimum Gasteiger partial charge on any atom is -0.579 e. The van der Waals surface area contributed by atoms with Crippen molar-refractivity contribution in [3.8, 4) is 11.4 Å². The Morgan fingerprint density at radius 2 is 2.00 bits per heavy atom. The van der Waals surface area contributed by atoms with E-state index in [-0.39, 0.29) is 11.7 Å². The summed E-state index contributed by atoms with van der Waals surface area (Å²) in [5, 5.41) is 9.60. The molecule has 5 rings (SSSR count). The van der Waals surface area contributed by atoms with Gasteiger partial charge in [-0.3, -0.25) is 0 Å². The fraction of sp³-hybridized carbons (Fsp3) is 0.444. The molecule has 0 bridgehead atoms. The van der Waals surface area contributed by atoms with Crippen LogP contribution >= 0.6 is 0 Å². The third-order valence-electron chi connectivity index (χ3n) is 5.90. The molecule has 158 valence electrons. The molecular weight excluding hydrogens is 414 g/mol. The van der Waals surface area contributed by atoms with Crippen molar-refractivity contribution in [1.82, 2.24) is 28.9 Å². The summed E-state index contributed by atoms with van der Waals surface area (Å²) < 4.78 is 41.1. The predicted molar refractivity (Wildman–Crippen MR) is 107 cm³/mol. The van der Waals surface area contributed by atoms with Crippen LogP contribution in [0, 0.1) is 5.92 Å². The lowest BCUT2D eigenvalue weighted by atomic mass is 9.93. The largest absolute Gasteiger partial charge is 0.579 e. The molecule has 0 radical (unpaired) electrons. The quantitative estimate of drug-likeness (QED) is 0.616. The maximum Gasteiger partial charge on any atom is 0.282 e. The highest BCUT2D eigenvalue weighted by Gasteiger charge is 2.41. The van der Waals surface area contributed by atoms with Crippen molar-refractivity contribution in [3.63, 3.8) is 0 Å². The van der Waals surface area contributed by atoms with Crippen LogP contribution in [0.4, 0.5) is 14.6 Å². The van der Waals surface area contributed by atoms with Crippen molar-refractivity contribution >= 4 is 23.0 Å². The SMILES string of the molecule is N[S+]([O-])N1CCC2CCN(c3cc(-c4cnc5ccc(C(F)F)nn45)ncn3)C2C1. The van der Waals surface area contributed by atoms with Crippen LogP contribution in [-0.4, -0.2) is 59.1 Å². The number of halogens is 2. The van der Waals surface area contributed by atoms with Crippen LogP contribution < -0.4 is 10.0 Å². The van der Waals surface area contributed by atoms with Crippen molar-refractivity contribution in [2.75, 3.05) is 24.5 Å². The second-order valence-electron chi connectivity index (χ2n) is 7.50. The maximum absolute atomic E-state index is 13.1. The summed E-state index contributed by atoms with van der Waals surface area (Å²) in [6, 6.07) is 4.76. The van der Waals surface area contributed by atoms with E-state index in [9.17, 15) is 13.3 Å². The molecule has 0 amide bonds. The number of imidazole rings is 1. The van der Waals surface area contributed by atoms with Gasteiger partial charge in [-0.25, -0.2) is 28.2 Å². The predicted octanol–water partition coefficient (Wildman–Crippen LogP) is 1.56. The highest BCUT2D eigenvalue weighted by molar-refractivity contribution is 7.86. The molecule has 2 N–H and O–H groups in total. The molecule has 3 aromatic rings. The topological polar surface area (TPSA) is 112 Å². The molecule has 30 heavy (non-hydrogen) atoms. The smallest absolute Gasteiger partial charge is 0.282 e. The second-order valence-corrected chi connectivity index (χ2v) is 8.56. The first-order valence-electron chi connectivity index (χ1n) is 9.64. The molecule has 3 unspecified atom stereocenters. The number of piperidine rings is 1. The molecule has 12 heteroatoms. The van der Waals surface area contributed by atoms with Crippen molar-refractivity contribution < 1.29 is 13.3 Å². The van der Waals surface area contributed by atoms with Crippen LogP contribution in [0.5, 0.6) is 0 Å². The minimum absolute atomic E-state index is 0.166. The summed E-state index contributed by atoms with van der Waals surface area (Å²) in [5.74, 6) is 1.23. The third kappa shape index (κ3) is 3.39. The fourth-order valence-corrected chi connectivity index (χ4v) is 4.97. The first-order valence-corrected chi connectivity index (χ1v) is 10.8. The summed E-state index contributed by atoms with van der Waals surface area (Å²) >= 11 is -1.49. The van der Waals surface area contributed by atoms with E-state index >= 15 is 0 Å². The number of hydrogen-bond donors (Lipinski definition) is 1. The molecular formula is C18H20F2N8OS. The summed E-state index contributed by atoms with van der Waals surface area (Å²) in [6.45, 7) is 2.17. The van der Waals surface area contributed by atoms with Crippen molar-refractivity contribution in [2.24, 2.45) is 11.1 Å². The van der Waals surface area contributed by atoms with Gasteiger partial charge in [-0.2, -0.15) is 5.10 Å². The Kier molecular flexibility index (Phi) is 5.01. The molecule has 2 fully saturated rings. The molecule has 0 aliphatic carbocycles. The van der Waals surface area contributed by atoms with E-state index in [2.05, 4.69) is 25.0 Å². The number of nitrogens with two attached hydrogens (primary N) is 1. The van der Waals surface area contributed by atoms with E-state index in [1.165, 1.54) is 23.0 Å². The maximum atomic E-state index is 13.1. The van der Waals surface area contributed by atoms with Crippen LogP contribution in [0.15, 0.2) is 30.7 Å². The molecule has 3 aromatic heterocycles. The number of nitrogens with zero attached hydrogens (tertiary/aromatic N) is 7. The van der Waals surface area contributed by atoms with Crippen molar-refractivity contribution in [2.45, 2.75) is 25.3 Å². The molecule has 2 aliphatic heterocycles. The first-order chi connectivity index (χ1) is 14.5. The minimum atomic E-state index is -2.67. The normalized spacial score (nSPS) is 23.3. The van der Waals surface area contributed by atoms with E-state index < -0.39 is 18.0 Å². The van der Waals surface area contributed by atoms with Gasteiger partial charge in [0.15, 0.2) is 5.65 Å². The Morgan fingerprint density at radius 1 is 1.17 bits per heavy atom. The van der Waals surface area contributed by atoms with Crippen LogP contribution in [-0.2, 0) is 11.5 Å². The number of alkyl halides is 2. The zero-order valence-electron chi connectivity index (χ0n) is 15.9. The van der Waals surface area contributed by atoms with Crippen LogP contribution in [0.1, 0.15) is 25.0 Å². The number of fused-ring (bicyclic) bond motifs is 2. The fourth-order valence-electron chi connectivity index (χ4n) is 4.38. The molecule has 0 aromatic carbocycles. The zero-order chi connectivity index (χ0) is 20.8. The number of aromatic nitrogens is 5. The van der Waals surface area contributed by atoms with Gasteiger partial charge in [0.05, 0.1) is 24.5 Å². The Hall–Kier alpha value is -2.41. The van der Waals surface area contributed by atoms with Gasteiger partial charge >= 0.3 is 0 Å². The average Bonchev–Trinajstić information content (AvgIpc) is 3.37. The van der Waals surface area contributed by atoms with E-state index in [1.807, 2.05) is 6.07 Å². The highest BCUT2D eigenvalue weighted by Crippen LogP contribution is 2.35. The molecule has 9 nitrogen and oxygen atoms in total. The van der Waals surface area contributed by atoms with E-state index in [4.69, 9.17) is 5.14 Å². The molecule has 0 spiro atoms. The molecule has 0 saturated carbocycles. The number of rotatable bonds is 4. The van der Waals surface area contributed by atoms with Gasteiger partial charge in [0.2, 0.25) is 0 Å². The van der Waals surface area contributed by atoms with E-state index in [0.29, 0.717) is 29.5 Å². The first kappa shape index (κ1) is 19.5. The van der Waals surface area contributed by atoms with E-state index in [0.717, 1.165) is 31.7 Å². The Labute approximate surface area is 174 Å². The van der Waals surface area contributed by atoms with Crippen LogP contribution in [0.25, 0.3) is 17.0 Å². The Balaban J connectivity index is 1.48. The Morgan fingerprint density at radius 3 is 2.80 bits per heavy atom. The molecule has 2 aliphatic rings. The Bertz CT molecular complexity index is 1060. The van der Waals surface area contributed by atoms with Crippen molar-refractivity contribution in [1.29, 1.82) is 0 Å². The van der Waals surface area contributed by atoms with Gasteiger partial charge in [-0.1, -0.05) is 0 Å². The molecule has 2 saturated heterocycles. The second kappa shape index (κ2) is 7.69. The summed E-state index contributed by atoms with van der Waals surface area (Å²) in [6.07, 6.45) is 2.32. The lowest BCUT2D eigenvalue weighted by Gasteiger charge is -2.36. The lowest BCUT2D eigenvalue weighted by Crippen LogP contribution is -2.52. The van der Waals surface area contributed by atoms with Gasteiger partial charge in [0, 0.05) is 19.2 Å². The standard InChI is InChI=1S/C18H20F2N8OS/c19-18(20)12-1-2-16-22-8-14(28(16)25-12)13-7-17(24-10-23-13)27-6-4-11-3-5-26(30(21)29)9-15(11)27/h1-2,7-8,10-11,15,18H,3-6,9,21H2. The highest BCUT2D eigenvalue weighted by atomic mass is 32.2. The number of hydrogen-bond acceptors (Lipinski definition) is 8. The number of anilines is 1. The summed E-state index contributed by atoms with van der Waals surface area (Å²) in [7, 11) is 0. The summed E-state index contributed by atoms with van der Waals surface area (Å²) in [4.78, 5) is 15.2. The van der Waals surface area contributed by atoms with E-state index in [1.54, 1.807) is 10.5 Å². The van der Waals surface area contributed by atoms with Crippen molar-refractivity contribution in [3.05, 3.63) is 36.4 Å². The lowest BCUT2D eigenvalue weighted by molar-refractivity contribution is 0.144. The van der Waals surface area contributed by atoms with Gasteiger partial charge in [0.25, 0.3) is 6.43 Å². The van der Waals surface area contributed by atoms with Gasteiger partial charge in [-0.15, -0.1) is 9.44 Å². The molecule has 3 atom stereocenters. The summed E-state index contributed by atoms with van der Waals surface area (Å²) in [5.41, 5.74) is 1.20.